The summed E-state index contributed by atoms with van der Waals surface area (Å²) in [5.74, 6) is 0. The highest BCUT2D eigenvalue weighted by Crippen LogP contribution is 2.22. The zero-order chi connectivity index (χ0) is 13.9. The smallest absolute Gasteiger partial charge is 0.321 e. The lowest BCUT2D eigenvalue weighted by Crippen LogP contribution is -2.27. The van der Waals surface area contributed by atoms with E-state index in [-0.39, 0.29) is 6.03 Å². The van der Waals surface area contributed by atoms with Crippen molar-refractivity contribution < 1.29 is 9.53 Å². The monoisotopic (exact) mass is 275 g/mol. The van der Waals surface area contributed by atoms with Crippen LogP contribution in [0, 0.1) is 0 Å². The Morgan fingerprint density at radius 2 is 2.15 bits per heavy atom. The number of anilines is 2. The van der Waals surface area contributed by atoms with E-state index in [1.807, 2.05) is 24.3 Å². The summed E-state index contributed by atoms with van der Waals surface area (Å²) < 4.78 is 5.78. The summed E-state index contributed by atoms with van der Waals surface area (Å²) in [6.07, 6.45) is 2.97. The summed E-state index contributed by atoms with van der Waals surface area (Å²) >= 11 is 0. The predicted molar refractivity (Wildman–Crippen MR) is 79.2 cm³/mol. The third kappa shape index (κ3) is 2.88. The Hall–Kier alpha value is -1.75. The van der Waals surface area contributed by atoms with Crippen molar-refractivity contribution in [1.82, 2.24) is 5.32 Å². The van der Waals surface area contributed by atoms with E-state index in [0.29, 0.717) is 12.2 Å². The first-order valence-corrected chi connectivity index (χ1v) is 7.27. The number of urea groups is 1. The van der Waals surface area contributed by atoms with Gasteiger partial charge in [-0.3, -0.25) is 4.90 Å². The van der Waals surface area contributed by atoms with Gasteiger partial charge < -0.3 is 15.4 Å². The molecule has 2 heterocycles. The highest BCUT2D eigenvalue weighted by Gasteiger charge is 2.22. The van der Waals surface area contributed by atoms with Crippen LogP contribution in [0.4, 0.5) is 16.2 Å². The highest BCUT2D eigenvalue weighted by molar-refractivity contribution is 5.94. The maximum Gasteiger partial charge on any atom is 0.321 e. The van der Waals surface area contributed by atoms with Gasteiger partial charge in [-0.25, -0.2) is 4.79 Å². The largest absolute Gasteiger partial charge is 0.382 e. The van der Waals surface area contributed by atoms with Crippen molar-refractivity contribution in [3.05, 3.63) is 24.3 Å². The van der Waals surface area contributed by atoms with Crippen LogP contribution in [-0.4, -0.2) is 37.9 Å². The molecule has 2 aliphatic rings. The molecule has 1 aromatic carbocycles. The molecule has 5 heteroatoms. The van der Waals surface area contributed by atoms with Crippen LogP contribution in [0.25, 0.3) is 0 Å². The van der Waals surface area contributed by atoms with E-state index in [9.17, 15) is 4.79 Å². The summed E-state index contributed by atoms with van der Waals surface area (Å²) in [4.78, 5) is 13.3. The van der Waals surface area contributed by atoms with Crippen LogP contribution in [0.5, 0.6) is 0 Å². The first-order valence-electron chi connectivity index (χ1n) is 7.27. The molecule has 2 unspecified atom stereocenters. The molecule has 1 aromatic rings. The molecule has 0 radical (unpaired) electrons. The van der Waals surface area contributed by atoms with Crippen molar-refractivity contribution in [1.29, 1.82) is 0 Å². The average Bonchev–Trinajstić information content (AvgIpc) is 3.06. The third-order valence-corrected chi connectivity index (χ3v) is 3.89. The van der Waals surface area contributed by atoms with Crippen LogP contribution in [0.2, 0.25) is 0 Å². The van der Waals surface area contributed by atoms with E-state index in [1.54, 1.807) is 4.90 Å². The maximum atomic E-state index is 11.6. The number of rotatable bonds is 4. The molecular weight excluding hydrogens is 254 g/mol. The van der Waals surface area contributed by atoms with Gasteiger partial charge in [-0.1, -0.05) is 0 Å². The fourth-order valence-electron chi connectivity index (χ4n) is 2.74. The Kier molecular flexibility index (Phi) is 3.78. The van der Waals surface area contributed by atoms with Gasteiger partial charge in [-0.2, -0.15) is 0 Å². The summed E-state index contributed by atoms with van der Waals surface area (Å²) in [6, 6.07) is 7.97. The molecule has 0 aromatic heterocycles. The van der Waals surface area contributed by atoms with Crippen molar-refractivity contribution in [2.45, 2.75) is 32.0 Å². The second-order valence-corrected chi connectivity index (χ2v) is 5.46. The summed E-state index contributed by atoms with van der Waals surface area (Å²) in [5.41, 5.74) is 2.01. The fourth-order valence-corrected chi connectivity index (χ4v) is 2.74. The maximum absolute atomic E-state index is 11.6. The predicted octanol–water partition coefficient (Wildman–Crippen LogP) is 2.20. The Labute approximate surface area is 119 Å². The van der Waals surface area contributed by atoms with Gasteiger partial charge >= 0.3 is 6.03 Å². The fraction of sp³-hybridized carbons (Fsp3) is 0.533. The molecule has 2 N–H and O–H groups in total. The van der Waals surface area contributed by atoms with Gasteiger partial charge in [0.2, 0.25) is 0 Å². The van der Waals surface area contributed by atoms with Gasteiger partial charge in [-0.05, 0) is 44.0 Å². The number of carbonyl (C=O) groups excluding carboxylic acids is 1. The molecule has 2 saturated heterocycles. The molecule has 0 aliphatic carbocycles. The van der Waals surface area contributed by atoms with Crippen LogP contribution < -0.4 is 15.5 Å². The molecule has 2 atom stereocenters. The topological polar surface area (TPSA) is 53.6 Å². The number of amides is 2. The summed E-state index contributed by atoms with van der Waals surface area (Å²) in [7, 11) is 0. The third-order valence-electron chi connectivity index (χ3n) is 3.89. The van der Waals surface area contributed by atoms with E-state index in [0.717, 1.165) is 43.9 Å². The molecule has 0 bridgehead atoms. The second-order valence-electron chi connectivity index (χ2n) is 5.46. The number of carbonyl (C=O) groups is 1. The summed E-state index contributed by atoms with van der Waals surface area (Å²) in [6.45, 7) is 4.42. The van der Waals surface area contributed by atoms with Gasteiger partial charge in [-0.15, -0.1) is 0 Å². The number of hydrogen-bond donors (Lipinski definition) is 2. The Morgan fingerprint density at radius 3 is 2.75 bits per heavy atom. The van der Waals surface area contributed by atoms with E-state index in [2.05, 4.69) is 17.6 Å². The molecule has 108 valence electrons. The molecule has 0 saturated carbocycles. The van der Waals surface area contributed by atoms with Crippen molar-refractivity contribution >= 4 is 17.4 Å². The van der Waals surface area contributed by atoms with Crippen LogP contribution in [0.3, 0.4) is 0 Å². The van der Waals surface area contributed by atoms with Crippen LogP contribution >= 0.6 is 0 Å². The lowest BCUT2D eigenvalue weighted by Gasteiger charge is -2.16. The van der Waals surface area contributed by atoms with Gasteiger partial charge in [0.1, 0.15) is 0 Å². The Balaban J connectivity index is 1.55. The molecule has 2 aliphatic heterocycles. The number of benzene rings is 1. The van der Waals surface area contributed by atoms with Crippen molar-refractivity contribution in [3.8, 4) is 0 Å². The van der Waals surface area contributed by atoms with Gasteiger partial charge in [0.05, 0.1) is 12.2 Å². The number of ether oxygens (including phenoxy) is 1. The van der Waals surface area contributed by atoms with Gasteiger partial charge in [0.25, 0.3) is 0 Å². The van der Waals surface area contributed by atoms with Gasteiger partial charge in [0.15, 0.2) is 0 Å². The number of nitrogens with zero attached hydrogens (tertiary/aromatic N) is 1. The van der Waals surface area contributed by atoms with E-state index >= 15 is 0 Å². The van der Waals surface area contributed by atoms with Gasteiger partial charge in [0, 0.05) is 31.0 Å². The SMILES string of the molecule is CC1CCC(CNc2ccc(N3CCNC3=O)cc2)O1. The standard InChI is InChI=1S/C15H21N3O2/c1-11-2-7-14(20-11)10-17-12-3-5-13(6-4-12)18-9-8-16-15(18)19/h3-6,11,14,17H,2,7-10H2,1H3,(H,16,19). The highest BCUT2D eigenvalue weighted by atomic mass is 16.5. The van der Waals surface area contributed by atoms with Crippen molar-refractivity contribution in [2.24, 2.45) is 0 Å². The molecule has 0 spiro atoms. The molecule has 2 amide bonds. The average molecular weight is 275 g/mol. The second kappa shape index (κ2) is 5.71. The quantitative estimate of drug-likeness (QED) is 0.885. The van der Waals surface area contributed by atoms with Crippen LogP contribution in [-0.2, 0) is 4.74 Å². The number of nitrogens with one attached hydrogen (secondary N) is 2. The van der Waals surface area contributed by atoms with Crippen molar-refractivity contribution in [3.63, 3.8) is 0 Å². The first-order chi connectivity index (χ1) is 9.72. The minimum atomic E-state index is -0.0148. The minimum absolute atomic E-state index is 0.0148. The van der Waals surface area contributed by atoms with E-state index < -0.39 is 0 Å². The molecule has 2 fully saturated rings. The molecule has 5 nitrogen and oxygen atoms in total. The van der Waals surface area contributed by atoms with Crippen molar-refractivity contribution in [2.75, 3.05) is 29.9 Å². The van der Waals surface area contributed by atoms with Crippen LogP contribution in [0.15, 0.2) is 24.3 Å². The molecule has 20 heavy (non-hydrogen) atoms. The van der Waals surface area contributed by atoms with E-state index in [1.165, 1.54) is 0 Å². The van der Waals surface area contributed by atoms with E-state index in [4.69, 9.17) is 4.74 Å². The first kappa shape index (κ1) is 13.2. The number of hydrogen-bond acceptors (Lipinski definition) is 3. The minimum Gasteiger partial charge on any atom is -0.382 e. The lowest BCUT2D eigenvalue weighted by atomic mass is 10.2. The zero-order valence-corrected chi connectivity index (χ0v) is 11.8. The Morgan fingerprint density at radius 1 is 1.35 bits per heavy atom. The normalized spacial score (nSPS) is 25.9. The molecular formula is C15H21N3O2. The lowest BCUT2D eigenvalue weighted by molar-refractivity contribution is 0.0637. The summed E-state index contributed by atoms with van der Waals surface area (Å²) in [5, 5.41) is 6.20. The molecule has 3 rings (SSSR count). The zero-order valence-electron chi connectivity index (χ0n) is 11.8. The Bertz CT molecular complexity index is 475. The van der Waals surface area contributed by atoms with Crippen LogP contribution in [0.1, 0.15) is 19.8 Å².